The van der Waals surface area contributed by atoms with E-state index < -0.39 is 0 Å². The Morgan fingerprint density at radius 1 is 1.00 bits per heavy atom. The van der Waals surface area contributed by atoms with Crippen LogP contribution in [0.15, 0.2) is 11.1 Å². The Morgan fingerprint density at radius 3 is 2.46 bits per heavy atom. The number of aliphatic hydroxyl groups excluding tert-OH is 2. The molecule has 2 saturated carbocycles. The van der Waals surface area contributed by atoms with Gasteiger partial charge in [0.25, 0.3) is 0 Å². The van der Waals surface area contributed by atoms with E-state index in [1.54, 1.807) is 11.1 Å². The number of hydrogen-bond donors (Lipinski definition) is 2. The third-order valence-electron chi connectivity index (χ3n) is 9.44. The topological polar surface area (TPSA) is 40.5 Å². The standard InChI is InChI=1S/C22H36O2/c1-14(23)21(3)11-9-16-17-8-10-20(2)13-15(24)7-12-22(20,4)19(17)6-5-18(16)21/h14-15,17,19,23-24H,5-13H2,1-4H3/t14-,15+,17+,19+,20+,21-,22-/m0/s1. The normalized spacial score (nSPS) is 52.5. The van der Waals surface area contributed by atoms with Crippen LogP contribution in [0.1, 0.15) is 85.5 Å². The lowest BCUT2D eigenvalue weighted by Gasteiger charge is -2.62. The molecule has 0 aromatic carbocycles. The van der Waals surface area contributed by atoms with Gasteiger partial charge in [-0.15, -0.1) is 0 Å². The van der Waals surface area contributed by atoms with Gasteiger partial charge in [-0.05, 0) is 87.4 Å². The molecule has 0 spiro atoms. The van der Waals surface area contributed by atoms with Gasteiger partial charge in [0.2, 0.25) is 0 Å². The van der Waals surface area contributed by atoms with Gasteiger partial charge in [-0.1, -0.05) is 31.9 Å². The van der Waals surface area contributed by atoms with Crippen LogP contribution in [0.4, 0.5) is 0 Å². The molecule has 0 radical (unpaired) electrons. The fourth-order valence-corrected chi connectivity index (χ4v) is 7.38. The quantitative estimate of drug-likeness (QED) is 0.674. The number of rotatable bonds is 1. The summed E-state index contributed by atoms with van der Waals surface area (Å²) in [4.78, 5) is 0. The third-order valence-corrected chi connectivity index (χ3v) is 9.44. The zero-order valence-electron chi connectivity index (χ0n) is 16.1. The van der Waals surface area contributed by atoms with Crippen LogP contribution in [0.5, 0.6) is 0 Å². The molecule has 0 aromatic heterocycles. The van der Waals surface area contributed by atoms with Crippen molar-refractivity contribution >= 4 is 0 Å². The molecule has 0 amide bonds. The van der Waals surface area contributed by atoms with Crippen LogP contribution in [0, 0.1) is 28.1 Å². The molecule has 4 aliphatic rings. The highest BCUT2D eigenvalue weighted by molar-refractivity contribution is 5.35. The summed E-state index contributed by atoms with van der Waals surface area (Å²) in [7, 11) is 0. The van der Waals surface area contributed by atoms with Crippen LogP contribution < -0.4 is 0 Å². The first-order valence-corrected chi connectivity index (χ1v) is 10.3. The molecule has 2 heteroatoms. The smallest absolute Gasteiger partial charge is 0.0602 e. The van der Waals surface area contributed by atoms with E-state index in [0.29, 0.717) is 10.8 Å². The summed E-state index contributed by atoms with van der Waals surface area (Å²) < 4.78 is 0. The van der Waals surface area contributed by atoms with Gasteiger partial charge in [0.05, 0.1) is 12.2 Å². The minimum atomic E-state index is -0.226. The molecular weight excluding hydrogens is 296 g/mol. The average Bonchev–Trinajstić information content (AvgIpc) is 2.88. The molecule has 2 N–H and O–H groups in total. The van der Waals surface area contributed by atoms with E-state index in [-0.39, 0.29) is 17.6 Å². The first kappa shape index (κ1) is 17.1. The van der Waals surface area contributed by atoms with Gasteiger partial charge < -0.3 is 10.2 Å². The second-order valence-corrected chi connectivity index (χ2v) is 10.3. The summed E-state index contributed by atoms with van der Waals surface area (Å²) in [6, 6.07) is 0. The monoisotopic (exact) mass is 332 g/mol. The molecule has 0 aliphatic heterocycles. The van der Waals surface area contributed by atoms with E-state index in [0.717, 1.165) is 31.1 Å². The predicted molar refractivity (Wildman–Crippen MR) is 97.6 cm³/mol. The SMILES string of the molecule is C[C@H](O)[C@]1(C)CCC2=C1CC[C@@H]1[C@@H]2CC[C@]2(C)C[C@H](O)CC[C@@]12C. The van der Waals surface area contributed by atoms with Gasteiger partial charge in [0.1, 0.15) is 0 Å². The van der Waals surface area contributed by atoms with Crippen molar-refractivity contribution in [1.29, 1.82) is 0 Å². The molecule has 4 aliphatic carbocycles. The fourth-order valence-electron chi connectivity index (χ4n) is 7.38. The minimum Gasteiger partial charge on any atom is -0.393 e. The van der Waals surface area contributed by atoms with Crippen molar-refractivity contribution in [2.45, 2.75) is 97.7 Å². The second-order valence-electron chi connectivity index (χ2n) is 10.3. The van der Waals surface area contributed by atoms with Gasteiger partial charge in [-0.3, -0.25) is 0 Å². The molecule has 0 heterocycles. The summed E-state index contributed by atoms with van der Waals surface area (Å²) in [5.41, 5.74) is 4.10. The first-order valence-electron chi connectivity index (χ1n) is 10.3. The van der Waals surface area contributed by atoms with Crippen LogP contribution in [-0.2, 0) is 0 Å². The highest BCUT2D eigenvalue weighted by atomic mass is 16.3. The second kappa shape index (κ2) is 5.33. The molecule has 7 atom stereocenters. The van der Waals surface area contributed by atoms with Crippen molar-refractivity contribution < 1.29 is 10.2 Å². The first-order chi connectivity index (χ1) is 11.2. The van der Waals surface area contributed by atoms with E-state index in [9.17, 15) is 10.2 Å². The Kier molecular flexibility index (Phi) is 3.80. The number of aliphatic hydroxyl groups is 2. The summed E-state index contributed by atoms with van der Waals surface area (Å²) >= 11 is 0. The van der Waals surface area contributed by atoms with Crippen LogP contribution >= 0.6 is 0 Å². The van der Waals surface area contributed by atoms with Crippen LogP contribution in [0.2, 0.25) is 0 Å². The van der Waals surface area contributed by atoms with Gasteiger partial charge in [0.15, 0.2) is 0 Å². The highest BCUT2D eigenvalue weighted by Gasteiger charge is 2.59. The molecule has 0 saturated heterocycles. The highest BCUT2D eigenvalue weighted by Crippen LogP contribution is 2.68. The average molecular weight is 333 g/mol. The summed E-state index contributed by atoms with van der Waals surface area (Å²) in [6.45, 7) is 9.30. The van der Waals surface area contributed by atoms with Crippen LogP contribution in [0.3, 0.4) is 0 Å². The Bertz CT molecular complexity index is 564. The van der Waals surface area contributed by atoms with Gasteiger partial charge >= 0.3 is 0 Å². The van der Waals surface area contributed by atoms with Gasteiger partial charge in [-0.2, -0.15) is 0 Å². The lowest BCUT2D eigenvalue weighted by Crippen LogP contribution is -2.55. The molecule has 0 aromatic rings. The zero-order valence-corrected chi connectivity index (χ0v) is 16.1. The maximum atomic E-state index is 10.4. The Hall–Kier alpha value is -0.340. The molecule has 24 heavy (non-hydrogen) atoms. The third kappa shape index (κ3) is 2.08. The maximum Gasteiger partial charge on any atom is 0.0602 e. The van der Waals surface area contributed by atoms with Crippen molar-refractivity contribution in [3.8, 4) is 0 Å². The van der Waals surface area contributed by atoms with E-state index >= 15 is 0 Å². The van der Waals surface area contributed by atoms with Crippen molar-refractivity contribution in [1.82, 2.24) is 0 Å². The van der Waals surface area contributed by atoms with Crippen LogP contribution in [-0.4, -0.2) is 22.4 Å². The molecule has 0 unspecified atom stereocenters. The summed E-state index contributed by atoms with van der Waals surface area (Å²) in [5, 5.41) is 20.7. The molecule has 2 fully saturated rings. The van der Waals surface area contributed by atoms with Gasteiger partial charge in [0, 0.05) is 5.41 Å². The number of allylic oxidation sites excluding steroid dienone is 1. The van der Waals surface area contributed by atoms with E-state index in [1.165, 1.54) is 38.5 Å². The molecule has 4 rings (SSSR count). The largest absolute Gasteiger partial charge is 0.393 e. The van der Waals surface area contributed by atoms with E-state index in [4.69, 9.17) is 0 Å². The van der Waals surface area contributed by atoms with Crippen molar-refractivity contribution in [3.05, 3.63) is 11.1 Å². The lowest BCUT2D eigenvalue weighted by molar-refractivity contribution is -0.130. The van der Waals surface area contributed by atoms with Gasteiger partial charge in [-0.25, -0.2) is 0 Å². The zero-order chi connectivity index (χ0) is 17.3. The van der Waals surface area contributed by atoms with E-state index in [2.05, 4.69) is 20.8 Å². The van der Waals surface area contributed by atoms with Crippen molar-refractivity contribution in [3.63, 3.8) is 0 Å². The van der Waals surface area contributed by atoms with Crippen LogP contribution in [0.25, 0.3) is 0 Å². The molecule has 0 bridgehead atoms. The summed E-state index contributed by atoms with van der Waals surface area (Å²) in [5.74, 6) is 1.54. The summed E-state index contributed by atoms with van der Waals surface area (Å²) in [6.07, 6.45) is 10.3. The Morgan fingerprint density at radius 2 is 1.75 bits per heavy atom. The number of hydrogen-bond acceptors (Lipinski definition) is 2. The number of fused-ring (bicyclic) bond motifs is 4. The molecular formula is C22H36O2. The Balaban J connectivity index is 1.69. The fraction of sp³-hybridized carbons (Fsp3) is 0.909. The lowest BCUT2D eigenvalue weighted by atomic mass is 9.43. The predicted octanol–water partition coefficient (Wildman–Crippen LogP) is 4.84. The minimum absolute atomic E-state index is 0.0325. The van der Waals surface area contributed by atoms with Crippen molar-refractivity contribution in [2.24, 2.45) is 28.1 Å². The van der Waals surface area contributed by atoms with E-state index in [1.807, 2.05) is 6.92 Å². The Labute approximate surface area is 147 Å². The van der Waals surface area contributed by atoms with Crippen molar-refractivity contribution in [2.75, 3.05) is 0 Å². The molecule has 136 valence electrons. The molecule has 2 nitrogen and oxygen atoms in total. The maximum absolute atomic E-state index is 10.4.